The summed E-state index contributed by atoms with van der Waals surface area (Å²) in [7, 11) is 0. The molecule has 0 unspecified atom stereocenters. The minimum absolute atomic E-state index is 0.0225. The Morgan fingerprint density at radius 1 is 1.53 bits per heavy atom. The molecule has 0 fully saturated rings. The Kier molecular flexibility index (Phi) is 3.86. The third kappa shape index (κ3) is 2.89. The van der Waals surface area contributed by atoms with Crippen molar-refractivity contribution in [1.82, 2.24) is 4.98 Å². The fraction of sp³-hybridized carbons (Fsp3) is 0.545. The van der Waals surface area contributed by atoms with E-state index in [1.54, 1.807) is 0 Å². The Labute approximate surface area is 103 Å². The summed E-state index contributed by atoms with van der Waals surface area (Å²) >= 11 is 1.26. The van der Waals surface area contributed by atoms with E-state index in [2.05, 4.69) is 10.3 Å². The van der Waals surface area contributed by atoms with Gasteiger partial charge in [0.05, 0.1) is 10.6 Å². The molecular weight excluding hydrogens is 240 g/mol. The summed E-state index contributed by atoms with van der Waals surface area (Å²) in [6.07, 6.45) is 2.25. The third-order valence-corrected chi connectivity index (χ3v) is 3.51. The molecule has 1 amide bonds. The van der Waals surface area contributed by atoms with Gasteiger partial charge in [-0.1, -0.05) is 11.3 Å². The molecule has 2 rings (SSSR count). The standard InChI is InChI=1S/C11H14N2O3S/c1-2-16-6-9(15)13-11-12-7-4-3-5-8(14)10(7)17-11/h2-6H2,1H3,(H,12,13,15). The third-order valence-electron chi connectivity index (χ3n) is 2.45. The van der Waals surface area contributed by atoms with Crippen molar-refractivity contribution in [1.29, 1.82) is 0 Å². The van der Waals surface area contributed by atoms with E-state index in [1.807, 2.05) is 6.92 Å². The Hall–Kier alpha value is -1.27. The first-order valence-corrected chi connectivity index (χ1v) is 6.43. The number of anilines is 1. The molecule has 6 heteroatoms. The van der Waals surface area contributed by atoms with Gasteiger partial charge in [-0.05, 0) is 19.8 Å². The van der Waals surface area contributed by atoms with Gasteiger partial charge < -0.3 is 4.74 Å². The van der Waals surface area contributed by atoms with Gasteiger partial charge in [0.15, 0.2) is 10.9 Å². The molecule has 1 heterocycles. The molecule has 0 spiro atoms. The molecule has 1 aliphatic rings. The van der Waals surface area contributed by atoms with Gasteiger partial charge in [0, 0.05) is 13.0 Å². The molecular formula is C11H14N2O3S. The van der Waals surface area contributed by atoms with Gasteiger partial charge in [-0.25, -0.2) is 4.98 Å². The van der Waals surface area contributed by atoms with E-state index in [1.165, 1.54) is 11.3 Å². The highest BCUT2D eigenvalue weighted by atomic mass is 32.1. The van der Waals surface area contributed by atoms with E-state index in [0.717, 1.165) is 18.5 Å². The second kappa shape index (κ2) is 5.37. The molecule has 0 aliphatic heterocycles. The maximum atomic E-state index is 11.6. The second-order valence-electron chi connectivity index (χ2n) is 3.76. The minimum Gasteiger partial charge on any atom is -0.372 e. The zero-order valence-corrected chi connectivity index (χ0v) is 10.4. The molecule has 17 heavy (non-hydrogen) atoms. The van der Waals surface area contributed by atoms with Gasteiger partial charge in [-0.2, -0.15) is 0 Å². The average molecular weight is 254 g/mol. The molecule has 1 N–H and O–H groups in total. The Bertz CT molecular complexity index is 442. The molecule has 0 aromatic carbocycles. The van der Waals surface area contributed by atoms with E-state index in [-0.39, 0.29) is 18.3 Å². The number of rotatable bonds is 4. The quantitative estimate of drug-likeness (QED) is 0.886. The van der Waals surface area contributed by atoms with Crippen LogP contribution in [0.25, 0.3) is 0 Å². The van der Waals surface area contributed by atoms with Crippen LogP contribution in [0.1, 0.15) is 35.1 Å². The first-order chi connectivity index (χ1) is 8.20. The van der Waals surface area contributed by atoms with Crippen molar-refractivity contribution >= 4 is 28.2 Å². The van der Waals surface area contributed by atoms with Crippen LogP contribution in [0.5, 0.6) is 0 Å². The Morgan fingerprint density at radius 2 is 2.35 bits per heavy atom. The van der Waals surface area contributed by atoms with Gasteiger partial charge in [0.1, 0.15) is 6.61 Å². The van der Waals surface area contributed by atoms with Gasteiger partial charge in [0.2, 0.25) is 0 Å². The Balaban J connectivity index is 2.03. The SMILES string of the molecule is CCOCC(=O)Nc1nc2c(s1)C(=O)CCC2. The number of aromatic nitrogens is 1. The van der Waals surface area contributed by atoms with Crippen LogP contribution >= 0.6 is 11.3 Å². The maximum Gasteiger partial charge on any atom is 0.252 e. The number of Topliss-reactive ketones (excluding diaryl/α,β-unsaturated/α-hetero) is 1. The molecule has 5 nitrogen and oxygen atoms in total. The van der Waals surface area contributed by atoms with E-state index in [4.69, 9.17) is 4.74 Å². The zero-order chi connectivity index (χ0) is 12.3. The van der Waals surface area contributed by atoms with Crippen LogP contribution in [0.3, 0.4) is 0 Å². The molecule has 0 radical (unpaired) electrons. The fourth-order valence-corrected chi connectivity index (χ4v) is 2.67. The number of fused-ring (bicyclic) bond motifs is 1. The van der Waals surface area contributed by atoms with Crippen molar-refractivity contribution in [3.05, 3.63) is 10.6 Å². The molecule has 0 saturated carbocycles. The van der Waals surface area contributed by atoms with Crippen molar-refractivity contribution < 1.29 is 14.3 Å². The lowest BCUT2D eigenvalue weighted by Crippen LogP contribution is -2.18. The van der Waals surface area contributed by atoms with Crippen molar-refractivity contribution in [2.45, 2.75) is 26.2 Å². The maximum absolute atomic E-state index is 11.6. The van der Waals surface area contributed by atoms with E-state index in [0.29, 0.717) is 23.0 Å². The summed E-state index contributed by atoms with van der Waals surface area (Å²) in [5, 5.41) is 3.14. The summed E-state index contributed by atoms with van der Waals surface area (Å²) in [4.78, 5) is 28.0. The van der Waals surface area contributed by atoms with Crippen LogP contribution < -0.4 is 5.32 Å². The number of carbonyl (C=O) groups excluding carboxylic acids is 2. The summed E-state index contributed by atoms with van der Waals surface area (Å²) in [6.45, 7) is 2.35. The number of aryl methyl sites for hydroxylation is 1. The monoisotopic (exact) mass is 254 g/mol. The molecule has 0 bridgehead atoms. The van der Waals surface area contributed by atoms with Crippen LogP contribution in [0, 0.1) is 0 Å². The van der Waals surface area contributed by atoms with Crippen molar-refractivity contribution in [2.24, 2.45) is 0 Å². The molecule has 1 aromatic rings. The first-order valence-electron chi connectivity index (χ1n) is 5.61. The molecule has 0 atom stereocenters. The summed E-state index contributed by atoms with van der Waals surface area (Å²) in [5.74, 6) is -0.0977. The lowest BCUT2D eigenvalue weighted by molar-refractivity contribution is -0.120. The minimum atomic E-state index is -0.231. The van der Waals surface area contributed by atoms with Crippen molar-refractivity contribution in [3.63, 3.8) is 0 Å². The highest BCUT2D eigenvalue weighted by molar-refractivity contribution is 7.17. The number of nitrogens with zero attached hydrogens (tertiary/aromatic N) is 1. The number of ether oxygens (including phenoxy) is 1. The summed E-state index contributed by atoms with van der Waals surface area (Å²) < 4.78 is 4.99. The Morgan fingerprint density at radius 3 is 3.06 bits per heavy atom. The predicted octanol–water partition coefficient (Wildman–Crippen LogP) is 1.64. The lowest BCUT2D eigenvalue weighted by atomic mass is 10.0. The molecule has 1 aliphatic carbocycles. The average Bonchev–Trinajstić information content (AvgIpc) is 2.70. The van der Waals surface area contributed by atoms with Crippen molar-refractivity contribution in [2.75, 3.05) is 18.5 Å². The van der Waals surface area contributed by atoms with E-state index < -0.39 is 0 Å². The highest BCUT2D eigenvalue weighted by Crippen LogP contribution is 2.29. The fourth-order valence-electron chi connectivity index (χ4n) is 1.67. The lowest BCUT2D eigenvalue weighted by Gasteiger charge is -2.05. The smallest absolute Gasteiger partial charge is 0.252 e. The van der Waals surface area contributed by atoms with E-state index in [9.17, 15) is 9.59 Å². The zero-order valence-electron chi connectivity index (χ0n) is 9.62. The topological polar surface area (TPSA) is 68.3 Å². The number of thiazole rings is 1. The number of carbonyl (C=O) groups is 2. The summed E-state index contributed by atoms with van der Waals surface area (Å²) in [6, 6.07) is 0. The largest absolute Gasteiger partial charge is 0.372 e. The highest BCUT2D eigenvalue weighted by Gasteiger charge is 2.22. The number of nitrogens with one attached hydrogen (secondary N) is 1. The van der Waals surface area contributed by atoms with Gasteiger partial charge >= 0.3 is 0 Å². The van der Waals surface area contributed by atoms with Gasteiger partial charge in [0.25, 0.3) is 5.91 Å². The second-order valence-corrected chi connectivity index (χ2v) is 4.76. The van der Waals surface area contributed by atoms with Crippen LogP contribution in [0.2, 0.25) is 0 Å². The van der Waals surface area contributed by atoms with Crippen LogP contribution in [0.4, 0.5) is 5.13 Å². The van der Waals surface area contributed by atoms with Crippen LogP contribution in [-0.2, 0) is 16.0 Å². The van der Waals surface area contributed by atoms with Gasteiger partial charge in [-0.3, -0.25) is 14.9 Å². The van der Waals surface area contributed by atoms with Crippen LogP contribution in [-0.4, -0.2) is 29.9 Å². The number of hydrogen-bond donors (Lipinski definition) is 1. The summed E-state index contributed by atoms with van der Waals surface area (Å²) in [5.41, 5.74) is 0.818. The normalized spacial score (nSPS) is 14.5. The van der Waals surface area contributed by atoms with Crippen LogP contribution in [0.15, 0.2) is 0 Å². The molecule has 1 aromatic heterocycles. The predicted molar refractivity (Wildman–Crippen MR) is 64.5 cm³/mol. The number of amides is 1. The first kappa shape index (κ1) is 12.2. The van der Waals surface area contributed by atoms with Crippen molar-refractivity contribution in [3.8, 4) is 0 Å². The number of hydrogen-bond acceptors (Lipinski definition) is 5. The number of ketones is 1. The van der Waals surface area contributed by atoms with Gasteiger partial charge in [-0.15, -0.1) is 0 Å². The van der Waals surface area contributed by atoms with E-state index >= 15 is 0 Å². The molecule has 92 valence electrons. The molecule has 0 saturated heterocycles.